The highest BCUT2D eigenvalue weighted by molar-refractivity contribution is 6.01. The van der Waals surface area contributed by atoms with E-state index in [2.05, 4.69) is 20.8 Å². The lowest BCUT2D eigenvalue weighted by Gasteiger charge is -2.62. The number of carbonyl (C=O) groups is 2. The Kier molecular flexibility index (Phi) is 5.61. The first-order chi connectivity index (χ1) is 15.9. The van der Waals surface area contributed by atoms with Gasteiger partial charge in [0.05, 0.1) is 6.10 Å². The number of rotatable bonds is 3. The monoisotopic (exact) mass is 472 g/mol. The zero-order chi connectivity index (χ0) is 24.7. The van der Waals surface area contributed by atoms with Crippen LogP contribution in [-0.4, -0.2) is 47.6 Å². The number of Topliss-reactive ketones (excluding diaryl/α,β-unsaturated/α-hetero) is 1. The van der Waals surface area contributed by atoms with Crippen molar-refractivity contribution in [2.45, 2.75) is 84.9 Å². The average molecular weight is 473 g/mol. The van der Waals surface area contributed by atoms with E-state index in [0.717, 1.165) is 18.4 Å². The molecule has 1 spiro atoms. The fourth-order valence-corrected chi connectivity index (χ4v) is 8.70. The minimum atomic E-state index is -1.25. The molecule has 3 saturated carbocycles. The Bertz CT molecular complexity index is 953. The largest absolute Gasteiger partial charge is 0.393 e. The van der Waals surface area contributed by atoms with Crippen LogP contribution in [0.15, 0.2) is 23.8 Å². The predicted molar refractivity (Wildman–Crippen MR) is 127 cm³/mol. The molecule has 6 nitrogen and oxygen atoms in total. The zero-order valence-electron chi connectivity index (χ0n) is 21.4. The van der Waals surface area contributed by atoms with Crippen LogP contribution >= 0.6 is 0 Å². The Balaban J connectivity index is 1.56. The second kappa shape index (κ2) is 7.83. The van der Waals surface area contributed by atoms with E-state index < -0.39 is 23.1 Å². The minimum Gasteiger partial charge on any atom is -0.393 e. The summed E-state index contributed by atoms with van der Waals surface area (Å²) in [6, 6.07) is 0. The van der Waals surface area contributed by atoms with E-state index in [1.165, 1.54) is 0 Å². The summed E-state index contributed by atoms with van der Waals surface area (Å²) in [6.07, 6.45) is 7.79. The first kappa shape index (κ1) is 24.4. The molecule has 5 aliphatic rings. The summed E-state index contributed by atoms with van der Waals surface area (Å²) in [5.41, 5.74) is -0.748. The molecule has 0 aromatic heterocycles. The predicted octanol–water partition coefficient (Wildman–Crippen LogP) is 4.21. The van der Waals surface area contributed by atoms with E-state index in [-0.39, 0.29) is 53.2 Å². The fraction of sp³-hybridized carbons (Fsp3) is 0.786. The van der Waals surface area contributed by atoms with Gasteiger partial charge in [-0.05, 0) is 62.5 Å². The van der Waals surface area contributed by atoms with Crippen molar-refractivity contribution in [1.29, 1.82) is 0 Å². The van der Waals surface area contributed by atoms with E-state index in [0.29, 0.717) is 19.4 Å². The summed E-state index contributed by atoms with van der Waals surface area (Å²) in [7, 11) is 0. The smallest absolute Gasteiger partial charge is 0.286 e. The normalized spacial score (nSPS) is 50.2. The summed E-state index contributed by atoms with van der Waals surface area (Å²) < 4.78 is 18.7. The van der Waals surface area contributed by atoms with Crippen molar-refractivity contribution in [3.63, 3.8) is 0 Å². The van der Waals surface area contributed by atoms with Gasteiger partial charge in [0.25, 0.3) is 5.97 Å². The molecule has 0 amide bonds. The maximum absolute atomic E-state index is 13.6. The lowest BCUT2D eigenvalue weighted by Crippen LogP contribution is -2.68. The second-order valence-electron chi connectivity index (χ2n) is 12.1. The van der Waals surface area contributed by atoms with Crippen molar-refractivity contribution >= 4 is 11.6 Å². The summed E-state index contributed by atoms with van der Waals surface area (Å²) in [6.45, 7) is 12.8. The van der Waals surface area contributed by atoms with Crippen molar-refractivity contribution < 1.29 is 28.9 Å². The Morgan fingerprint density at radius 3 is 2.68 bits per heavy atom. The molecule has 0 aromatic carbocycles. The van der Waals surface area contributed by atoms with Crippen LogP contribution in [0, 0.1) is 40.4 Å². The molecule has 9 atom stereocenters. The third kappa shape index (κ3) is 3.01. The quantitative estimate of drug-likeness (QED) is 0.663. The van der Waals surface area contributed by atoms with Gasteiger partial charge in [-0.25, -0.2) is 0 Å². The molecular weight excluding hydrogens is 432 g/mol. The van der Waals surface area contributed by atoms with Gasteiger partial charge in [0.15, 0.2) is 11.6 Å². The number of hydrogen-bond acceptors (Lipinski definition) is 6. The van der Waals surface area contributed by atoms with Crippen LogP contribution in [0.4, 0.5) is 0 Å². The molecule has 6 heteroatoms. The number of aliphatic hydroxyl groups excluding tert-OH is 1. The Morgan fingerprint density at radius 2 is 2.00 bits per heavy atom. The molecule has 0 bridgehead atoms. The van der Waals surface area contributed by atoms with Crippen LogP contribution in [0.1, 0.15) is 67.2 Å². The highest BCUT2D eigenvalue weighted by Gasteiger charge is 2.72. The van der Waals surface area contributed by atoms with Crippen molar-refractivity contribution in [2.75, 3.05) is 13.2 Å². The fourth-order valence-electron chi connectivity index (χ4n) is 8.70. The number of ketones is 2. The van der Waals surface area contributed by atoms with E-state index in [1.807, 2.05) is 26.8 Å². The standard InChI is InChI=1S/C28H40O6/c1-7-32-28(16(2)3)33-15-23(31)27(34-28)11-9-20-19-12-17(4)21-13-18(29)8-10-25(21,5)24(19)22(30)14-26(20,27)6/h8,10,13,16-17,19-20,22,24,30H,7,9,11-12,14-15H2,1-6H3/t17-,19?,20?,22-,24?,25?,26?,27-,28?/m0/s1. The van der Waals surface area contributed by atoms with Gasteiger partial charge in [-0.2, -0.15) is 0 Å². The van der Waals surface area contributed by atoms with Crippen molar-refractivity contribution in [2.24, 2.45) is 40.4 Å². The third-order valence-corrected chi connectivity index (χ3v) is 10.2. The SMILES string of the molecule is CCOC1(C(C)C)OCC(=O)[C@]2(CCC3C4C[C@H](C)C5=CC(=O)C=CC5(C)C4[C@@H](O)CC32C)O1. The molecule has 0 radical (unpaired) electrons. The van der Waals surface area contributed by atoms with Gasteiger partial charge in [-0.1, -0.05) is 46.3 Å². The molecule has 1 aliphatic heterocycles. The molecule has 188 valence electrons. The van der Waals surface area contributed by atoms with E-state index in [4.69, 9.17) is 14.2 Å². The van der Waals surface area contributed by atoms with Gasteiger partial charge in [0.2, 0.25) is 0 Å². The molecule has 6 unspecified atom stereocenters. The van der Waals surface area contributed by atoms with E-state index in [9.17, 15) is 14.7 Å². The minimum absolute atomic E-state index is 0.0178. The first-order valence-corrected chi connectivity index (χ1v) is 13.1. The molecule has 0 aromatic rings. The zero-order valence-corrected chi connectivity index (χ0v) is 21.4. The van der Waals surface area contributed by atoms with Crippen LogP contribution in [0.5, 0.6) is 0 Å². The first-order valence-electron chi connectivity index (χ1n) is 13.1. The maximum Gasteiger partial charge on any atom is 0.286 e. The summed E-state index contributed by atoms with van der Waals surface area (Å²) >= 11 is 0. The molecule has 34 heavy (non-hydrogen) atoms. The van der Waals surface area contributed by atoms with Gasteiger partial charge >= 0.3 is 0 Å². The Hall–Kier alpha value is -1.34. The van der Waals surface area contributed by atoms with Gasteiger partial charge in [0, 0.05) is 29.3 Å². The number of ether oxygens (including phenoxy) is 3. The van der Waals surface area contributed by atoms with Crippen LogP contribution in [-0.2, 0) is 23.8 Å². The molecule has 1 N–H and O–H groups in total. The molecule has 4 aliphatic carbocycles. The van der Waals surface area contributed by atoms with Gasteiger partial charge in [-0.15, -0.1) is 0 Å². The number of hydrogen-bond donors (Lipinski definition) is 1. The average Bonchev–Trinajstić information content (AvgIpc) is 3.04. The molecule has 4 fully saturated rings. The van der Waals surface area contributed by atoms with E-state index in [1.54, 1.807) is 12.2 Å². The number of fused-ring (bicyclic) bond motifs is 6. The Morgan fingerprint density at radius 1 is 1.26 bits per heavy atom. The van der Waals surface area contributed by atoms with Gasteiger partial charge in [-0.3, -0.25) is 9.59 Å². The second-order valence-corrected chi connectivity index (χ2v) is 12.1. The van der Waals surface area contributed by atoms with Crippen molar-refractivity contribution in [3.8, 4) is 0 Å². The lowest BCUT2D eigenvalue weighted by molar-refractivity contribution is -0.445. The topological polar surface area (TPSA) is 82.1 Å². The number of aliphatic hydroxyl groups is 1. The molecule has 1 heterocycles. The highest BCUT2D eigenvalue weighted by atomic mass is 16.9. The van der Waals surface area contributed by atoms with Crippen LogP contribution in [0.2, 0.25) is 0 Å². The summed E-state index contributed by atoms with van der Waals surface area (Å²) in [5.74, 6) is -0.596. The molecular formula is C28H40O6. The van der Waals surface area contributed by atoms with Crippen LogP contribution in [0.25, 0.3) is 0 Å². The van der Waals surface area contributed by atoms with Crippen molar-refractivity contribution in [3.05, 3.63) is 23.8 Å². The summed E-state index contributed by atoms with van der Waals surface area (Å²) in [5, 5.41) is 11.7. The number of allylic oxidation sites excluding steroid dienone is 4. The summed E-state index contributed by atoms with van der Waals surface area (Å²) in [4.78, 5) is 25.8. The molecule has 1 saturated heterocycles. The lowest BCUT2D eigenvalue weighted by atomic mass is 9.44. The molecule has 5 rings (SSSR count). The Labute approximate surface area is 203 Å². The van der Waals surface area contributed by atoms with Crippen molar-refractivity contribution in [1.82, 2.24) is 0 Å². The van der Waals surface area contributed by atoms with Crippen LogP contribution < -0.4 is 0 Å². The van der Waals surface area contributed by atoms with Gasteiger partial charge in [0.1, 0.15) is 12.2 Å². The highest BCUT2D eigenvalue weighted by Crippen LogP contribution is 2.69. The maximum atomic E-state index is 13.6. The number of carbonyl (C=O) groups excluding carboxylic acids is 2. The van der Waals surface area contributed by atoms with Gasteiger partial charge < -0.3 is 19.3 Å². The van der Waals surface area contributed by atoms with Crippen LogP contribution in [0.3, 0.4) is 0 Å². The third-order valence-electron chi connectivity index (χ3n) is 10.2. The van der Waals surface area contributed by atoms with E-state index >= 15 is 0 Å².